The molecular formula is C19H20F3NO6S. The summed E-state index contributed by atoms with van der Waals surface area (Å²) in [5, 5.41) is 13.5. The van der Waals surface area contributed by atoms with E-state index in [1.165, 1.54) is 13.0 Å². The highest BCUT2D eigenvalue weighted by Crippen LogP contribution is 2.46. The highest BCUT2D eigenvalue weighted by atomic mass is 32.2. The predicted octanol–water partition coefficient (Wildman–Crippen LogP) is 3.77. The number of methoxy groups -OCH3 is 1. The lowest BCUT2D eigenvalue weighted by atomic mass is 10.0. The summed E-state index contributed by atoms with van der Waals surface area (Å²) in [6.45, 7) is 3.07. The standard InChI is InChI=1S/C19H20F3NO6S/c1-10-16(11(2)29-23-10)12-6-7-14(13(9-12)19(20,21)22)30(26,27)18(17(24)25)8-4-5-15(18)28-3/h6-7,9,15H,4-5,8H2,1-3H3,(H,24,25). The third kappa shape index (κ3) is 3.20. The number of aliphatic carboxylic acids is 1. The number of benzene rings is 1. The molecule has 3 rings (SSSR count). The molecule has 1 aromatic heterocycles. The lowest BCUT2D eigenvalue weighted by Crippen LogP contribution is -2.53. The van der Waals surface area contributed by atoms with Crippen LogP contribution in [0.2, 0.25) is 0 Å². The number of aryl methyl sites for hydroxylation is 2. The van der Waals surface area contributed by atoms with Crippen molar-refractivity contribution in [1.82, 2.24) is 5.16 Å². The van der Waals surface area contributed by atoms with Crippen molar-refractivity contribution in [3.05, 3.63) is 35.2 Å². The minimum absolute atomic E-state index is 0.0663. The fourth-order valence-electron chi connectivity index (χ4n) is 4.15. The zero-order chi connectivity index (χ0) is 22.5. The van der Waals surface area contributed by atoms with Gasteiger partial charge in [-0.25, -0.2) is 8.42 Å². The number of nitrogens with zero attached hydrogens (tertiary/aromatic N) is 1. The molecule has 2 unspecified atom stereocenters. The Kier molecular flexibility index (Phi) is 5.48. The average Bonchev–Trinajstić information content (AvgIpc) is 3.24. The fourth-order valence-corrected chi connectivity index (χ4v) is 6.46. The third-order valence-corrected chi connectivity index (χ3v) is 8.09. The number of alkyl halides is 3. The van der Waals surface area contributed by atoms with Gasteiger partial charge in [0, 0.05) is 12.7 Å². The second-order valence-electron chi connectivity index (χ2n) is 7.22. The van der Waals surface area contributed by atoms with E-state index < -0.39 is 43.3 Å². The van der Waals surface area contributed by atoms with Crippen LogP contribution in [0.4, 0.5) is 13.2 Å². The molecular weight excluding hydrogens is 427 g/mol. The molecule has 2 atom stereocenters. The Labute approximate surface area is 170 Å². The van der Waals surface area contributed by atoms with Crippen LogP contribution in [0.15, 0.2) is 27.6 Å². The Balaban J connectivity index is 2.29. The largest absolute Gasteiger partial charge is 0.480 e. The van der Waals surface area contributed by atoms with Crippen LogP contribution >= 0.6 is 0 Å². The number of hydrogen-bond donors (Lipinski definition) is 1. The lowest BCUT2D eigenvalue weighted by molar-refractivity contribution is -0.144. The number of sulfone groups is 1. The molecule has 2 aromatic rings. The zero-order valence-electron chi connectivity index (χ0n) is 16.4. The van der Waals surface area contributed by atoms with Gasteiger partial charge in [-0.1, -0.05) is 11.2 Å². The van der Waals surface area contributed by atoms with E-state index in [0.717, 1.165) is 13.2 Å². The Bertz CT molecular complexity index is 1070. The molecule has 1 aliphatic carbocycles. The second-order valence-corrected chi connectivity index (χ2v) is 9.40. The molecule has 0 spiro atoms. The third-order valence-electron chi connectivity index (χ3n) is 5.56. The summed E-state index contributed by atoms with van der Waals surface area (Å²) in [5.41, 5.74) is -0.722. The quantitative estimate of drug-likeness (QED) is 0.743. The molecule has 0 aliphatic heterocycles. The summed E-state index contributed by atoms with van der Waals surface area (Å²) in [5.74, 6) is -1.46. The van der Waals surface area contributed by atoms with Gasteiger partial charge in [0.2, 0.25) is 0 Å². The van der Waals surface area contributed by atoms with Gasteiger partial charge >= 0.3 is 12.1 Å². The monoisotopic (exact) mass is 447 g/mol. The van der Waals surface area contributed by atoms with E-state index >= 15 is 0 Å². The highest BCUT2D eigenvalue weighted by molar-refractivity contribution is 7.93. The van der Waals surface area contributed by atoms with Crippen molar-refractivity contribution >= 4 is 15.8 Å². The molecule has 0 amide bonds. The van der Waals surface area contributed by atoms with Gasteiger partial charge in [-0.2, -0.15) is 13.2 Å². The van der Waals surface area contributed by atoms with Crippen molar-refractivity contribution in [3.63, 3.8) is 0 Å². The molecule has 0 radical (unpaired) electrons. The molecule has 1 aromatic carbocycles. The van der Waals surface area contributed by atoms with E-state index in [9.17, 15) is 31.5 Å². The maximum atomic E-state index is 13.9. The smallest absolute Gasteiger partial charge is 0.417 e. The van der Waals surface area contributed by atoms with Crippen LogP contribution in [-0.2, 0) is 25.5 Å². The van der Waals surface area contributed by atoms with Crippen molar-refractivity contribution in [2.45, 2.75) is 55.0 Å². The van der Waals surface area contributed by atoms with Gasteiger partial charge in [-0.05, 0) is 50.8 Å². The van der Waals surface area contributed by atoms with Gasteiger partial charge in [0.05, 0.1) is 22.3 Å². The number of ether oxygens (including phenoxy) is 1. The molecule has 0 bridgehead atoms. The van der Waals surface area contributed by atoms with Crippen LogP contribution in [0.25, 0.3) is 11.1 Å². The molecule has 1 aliphatic rings. The molecule has 7 nitrogen and oxygen atoms in total. The summed E-state index contributed by atoms with van der Waals surface area (Å²) in [4.78, 5) is 11.0. The van der Waals surface area contributed by atoms with Crippen LogP contribution in [0, 0.1) is 13.8 Å². The Hall–Kier alpha value is -2.40. The first-order chi connectivity index (χ1) is 13.9. The van der Waals surface area contributed by atoms with Crippen molar-refractivity contribution in [2.24, 2.45) is 0 Å². The van der Waals surface area contributed by atoms with Crippen LogP contribution in [0.1, 0.15) is 36.3 Å². The molecule has 1 N–H and O–H groups in total. The number of aromatic nitrogens is 1. The summed E-state index contributed by atoms with van der Waals surface area (Å²) in [6.07, 6.45) is -6.34. The fraction of sp³-hybridized carbons (Fsp3) is 0.474. The molecule has 11 heteroatoms. The van der Waals surface area contributed by atoms with Gasteiger partial charge in [0.15, 0.2) is 14.6 Å². The maximum absolute atomic E-state index is 13.9. The SMILES string of the molecule is COC1CCCC1(C(=O)O)S(=O)(=O)c1ccc(-c2c(C)noc2C)cc1C(F)(F)F. The summed E-state index contributed by atoms with van der Waals surface area (Å²) in [7, 11) is -3.82. The molecule has 164 valence electrons. The topological polar surface area (TPSA) is 107 Å². The Morgan fingerprint density at radius 2 is 2.00 bits per heavy atom. The maximum Gasteiger partial charge on any atom is 0.417 e. The molecule has 1 saturated carbocycles. The van der Waals surface area contributed by atoms with Gasteiger partial charge < -0.3 is 14.4 Å². The number of rotatable bonds is 5. The zero-order valence-corrected chi connectivity index (χ0v) is 17.2. The number of halogens is 3. The molecule has 1 fully saturated rings. The van der Waals surface area contributed by atoms with Gasteiger partial charge in [-0.15, -0.1) is 0 Å². The van der Waals surface area contributed by atoms with Crippen LogP contribution < -0.4 is 0 Å². The molecule has 30 heavy (non-hydrogen) atoms. The van der Waals surface area contributed by atoms with E-state index in [-0.39, 0.29) is 30.6 Å². The summed E-state index contributed by atoms with van der Waals surface area (Å²) in [6, 6.07) is 2.68. The van der Waals surface area contributed by atoms with Crippen molar-refractivity contribution < 1.29 is 40.8 Å². The van der Waals surface area contributed by atoms with E-state index in [4.69, 9.17) is 9.26 Å². The first kappa shape index (κ1) is 22.3. The summed E-state index contributed by atoms with van der Waals surface area (Å²) < 4.78 is 76.0. The molecule has 1 heterocycles. The first-order valence-corrected chi connectivity index (χ1v) is 10.5. The van der Waals surface area contributed by atoms with E-state index in [1.807, 2.05) is 0 Å². The predicted molar refractivity (Wildman–Crippen MR) is 98.6 cm³/mol. The van der Waals surface area contributed by atoms with E-state index in [2.05, 4.69) is 5.16 Å². The summed E-state index contributed by atoms with van der Waals surface area (Å²) >= 11 is 0. The Morgan fingerprint density at radius 3 is 2.50 bits per heavy atom. The van der Waals surface area contributed by atoms with Crippen molar-refractivity contribution in [1.29, 1.82) is 0 Å². The lowest BCUT2D eigenvalue weighted by Gasteiger charge is -2.31. The van der Waals surface area contributed by atoms with Crippen LogP contribution in [0.5, 0.6) is 0 Å². The molecule has 0 saturated heterocycles. The number of carbonyl (C=O) groups is 1. The van der Waals surface area contributed by atoms with Gasteiger partial charge in [-0.3, -0.25) is 4.79 Å². The van der Waals surface area contributed by atoms with Gasteiger partial charge in [0.25, 0.3) is 0 Å². The van der Waals surface area contributed by atoms with Crippen LogP contribution in [0.3, 0.4) is 0 Å². The van der Waals surface area contributed by atoms with Crippen LogP contribution in [-0.4, -0.2) is 42.6 Å². The van der Waals surface area contributed by atoms with Crippen molar-refractivity contribution in [2.75, 3.05) is 7.11 Å². The second kappa shape index (κ2) is 7.38. The van der Waals surface area contributed by atoms with Crippen molar-refractivity contribution in [3.8, 4) is 11.1 Å². The average molecular weight is 447 g/mol. The first-order valence-electron chi connectivity index (χ1n) is 9.03. The van der Waals surface area contributed by atoms with E-state index in [1.54, 1.807) is 6.92 Å². The number of carboxylic acids is 1. The highest BCUT2D eigenvalue weighted by Gasteiger charge is 2.61. The van der Waals surface area contributed by atoms with Gasteiger partial charge in [0.1, 0.15) is 5.76 Å². The minimum atomic E-state index is -5.04. The Morgan fingerprint density at radius 1 is 1.33 bits per heavy atom. The van der Waals surface area contributed by atoms with E-state index in [0.29, 0.717) is 17.3 Å². The minimum Gasteiger partial charge on any atom is -0.480 e. The number of hydrogen-bond acceptors (Lipinski definition) is 6. The number of carboxylic acid groups (broad SMARTS) is 1. The normalized spacial score (nSPS) is 22.4.